The Morgan fingerprint density at radius 3 is 2.30 bits per heavy atom. The van der Waals surface area contributed by atoms with E-state index >= 15 is 0 Å². The van der Waals surface area contributed by atoms with E-state index in [0.29, 0.717) is 12.1 Å². The van der Waals surface area contributed by atoms with E-state index in [-0.39, 0.29) is 12.5 Å². The molecule has 2 aromatic rings. The second-order valence-electron chi connectivity index (χ2n) is 4.83. The van der Waals surface area contributed by atoms with Crippen LogP contribution in [0.25, 0.3) is 0 Å². The van der Waals surface area contributed by atoms with Crippen LogP contribution in [0.1, 0.15) is 15.9 Å². The molecule has 2 aromatic carbocycles. The van der Waals surface area contributed by atoms with Gasteiger partial charge in [-0.2, -0.15) is 11.8 Å². The van der Waals surface area contributed by atoms with E-state index in [1.807, 2.05) is 24.3 Å². The average molecular weight is 329 g/mol. The number of hydrogen-bond donors (Lipinski definition) is 1. The molecule has 1 N–H and O–H groups in total. The van der Waals surface area contributed by atoms with Gasteiger partial charge in [0.2, 0.25) is 0 Å². The van der Waals surface area contributed by atoms with Crippen molar-refractivity contribution in [2.24, 2.45) is 0 Å². The number of carbonyl (C=O) groups is 2. The molecule has 1 amide bonds. The molecule has 0 aliphatic rings. The number of hydrogen-bond acceptors (Lipinski definition) is 4. The van der Waals surface area contributed by atoms with Crippen LogP contribution in [0.5, 0.6) is 0 Å². The highest BCUT2D eigenvalue weighted by atomic mass is 32.2. The van der Waals surface area contributed by atoms with Gasteiger partial charge in [0.05, 0.1) is 5.56 Å². The lowest BCUT2D eigenvalue weighted by Gasteiger charge is -2.06. The van der Waals surface area contributed by atoms with Crippen molar-refractivity contribution in [3.05, 3.63) is 71.8 Å². The Labute approximate surface area is 140 Å². The number of esters is 1. The molecule has 4 nitrogen and oxygen atoms in total. The standard InChI is InChI=1S/C18H19NO3S/c20-17(13-22-18(21)16-9-5-2-6-10-16)19-11-12-23-14-15-7-3-1-4-8-15/h1-10H,11-14H2,(H,19,20). The van der Waals surface area contributed by atoms with Gasteiger partial charge >= 0.3 is 5.97 Å². The number of nitrogens with one attached hydrogen (secondary N) is 1. The molecular formula is C18H19NO3S. The van der Waals surface area contributed by atoms with Crippen molar-refractivity contribution in [3.63, 3.8) is 0 Å². The monoisotopic (exact) mass is 329 g/mol. The first kappa shape index (κ1) is 17.1. The molecule has 0 radical (unpaired) electrons. The summed E-state index contributed by atoms with van der Waals surface area (Å²) >= 11 is 1.75. The van der Waals surface area contributed by atoms with Gasteiger partial charge < -0.3 is 10.1 Å². The number of thioether (sulfide) groups is 1. The van der Waals surface area contributed by atoms with Crippen LogP contribution >= 0.6 is 11.8 Å². The minimum atomic E-state index is -0.487. The summed E-state index contributed by atoms with van der Waals surface area (Å²) in [5.74, 6) is 0.960. The maximum atomic E-state index is 11.7. The van der Waals surface area contributed by atoms with Crippen LogP contribution in [0, 0.1) is 0 Å². The van der Waals surface area contributed by atoms with E-state index in [1.54, 1.807) is 36.0 Å². The molecule has 0 saturated carbocycles. The molecule has 120 valence electrons. The molecule has 0 unspecified atom stereocenters. The van der Waals surface area contributed by atoms with Crippen LogP contribution < -0.4 is 5.32 Å². The van der Waals surface area contributed by atoms with Crippen LogP contribution in [0.4, 0.5) is 0 Å². The van der Waals surface area contributed by atoms with Crippen molar-refractivity contribution >= 4 is 23.6 Å². The Kier molecular flexibility index (Phi) is 7.20. The van der Waals surface area contributed by atoms with E-state index in [0.717, 1.165) is 11.5 Å². The van der Waals surface area contributed by atoms with Gasteiger partial charge in [-0.3, -0.25) is 4.79 Å². The first-order valence-electron chi connectivity index (χ1n) is 7.36. The van der Waals surface area contributed by atoms with Gasteiger partial charge in [0.25, 0.3) is 5.91 Å². The molecular weight excluding hydrogens is 310 g/mol. The summed E-state index contributed by atoms with van der Waals surface area (Å²) in [6.45, 7) is 0.302. The van der Waals surface area contributed by atoms with Crippen molar-refractivity contribution in [2.45, 2.75) is 5.75 Å². The zero-order chi connectivity index (χ0) is 16.3. The van der Waals surface area contributed by atoms with Gasteiger partial charge in [-0.05, 0) is 17.7 Å². The number of ether oxygens (including phenoxy) is 1. The molecule has 0 aromatic heterocycles. The van der Waals surface area contributed by atoms with Gasteiger partial charge in [0.15, 0.2) is 6.61 Å². The van der Waals surface area contributed by atoms with Gasteiger partial charge in [0, 0.05) is 18.1 Å². The molecule has 0 heterocycles. The second kappa shape index (κ2) is 9.69. The van der Waals surface area contributed by atoms with Crippen molar-refractivity contribution in [2.75, 3.05) is 18.9 Å². The summed E-state index contributed by atoms with van der Waals surface area (Å²) in [7, 11) is 0. The number of benzene rings is 2. The third-order valence-corrected chi connectivity index (χ3v) is 4.05. The van der Waals surface area contributed by atoms with Crippen LogP contribution in [-0.2, 0) is 15.3 Å². The van der Waals surface area contributed by atoms with Gasteiger partial charge in [-0.25, -0.2) is 4.79 Å². The first-order valence-corrected chi connectivity index (χ1v) is 8.52. The fourth-order valence-electron chi connectivity index (χ4n) is 1.87. The quantitative estimate of drug-likeness (QED) is 0.598. The van der Waals surface area contributed by atoms with Crippen LogP contribution in [-0.4, -0.2) is 30.8 Å². The fourth-order valence-corrected chi connectivity index (χ4v) is 2.69. The number of rotatable bonds is 8. The first-order chi connectivity index (χ1) is 11.3. The van der Waals surface area contributed by atoms with Crippen LogP contribution in [0.2, 0.25) is 0 Å². The zero-order valence-corrected chi connectivity index (χ0v) is 13.6. The summed E-state index contributed by atoms with van der Waals surface area (Å²) in [6, 6.07) is 18.8. The molecule has 0 aliphatic carbocycles. The minimum absolute atomic E-state index is 0.253. The summed E-state index contributed by atoms with van der Waals surface area (Å²) in [4.78, 5) is 23.3. The Bertz CT molecular complexity index is 617. The smallest absolute Gasteiger partial charge is 0.338 e. The molecule has 0 fully saturated rings. The van der Waals surface area contributed by atoms with Crippen molar-refractivity contribution in [3.8, 4) is 0 Å². The molecule has 2 rings (SSSR count). The Morgan fingerprint density at radius 1 is 0.957 bits per heavy atom. The summed E-state index contributed by atoms with van der Waals surface area (Å²) in [5, 5.41) is 2.74. The summed E-state index contributed by atoms with van der Waals surface area (Å²) in [5.41, 5.74) is 1.71. The third-order valence-electron chi connectivity index (χ3n) is 3.02. The van der Waals surface area contributed by atoms with Gasteiger partial charge in [0.1, 0.15) is 0 Å². The zero-order valence-electron chi connectivity index (χ0n) is 12.7. The van der Waals surface area contributed by atoms with E-state index in [4.69, 9.17) is 4.74 Å². The molecule has 23 heavy (non-hydrogen) atoms. The lowest BCUT2D eigenvalue weighted by Crippen LogP contribution is -2.30. The third kappa shape index (κ3) is 6.57. The van der Waals surface area contributed by atoms with Crippen molar-refractivity contribution in [1.29, 1.82) is 0 Å². The lowest BCUT2D eigenvalue weighted by molar-refractivity contribution is -0.124. The van der Waals surface area contributed by atoms with E-state index < -0.39 is 5.97 Å². The minimum Gasteiger partial charge on any atom is -0.452 e. The molecule has 0 atom stereocenters. The highest BCUT2D eigenvalue weighted by Crippen LogP contribution is 2.10. The molecule has 0 aliphatic heterocycles. The van der Waals surface area contributed by atoms with E-state index in [9.17, 15) is 9.59 Å². The highest BCUT2D eigenvalue weighted by Gasteiger charge is 2.08. The van der Waals surface area contributed by atoms with Crippen LogP contribution in [0.3, 0.4) is 0 Å². The number of amides is 1. The van der Waals surface area contributed by atoms with Gasteiger partial charge in [-0.15, -0.1) is 0 Å². The Hall–Kier alpha value is -2.27. The molecule has 0 saturated heterocycles. The Morgan fingerprint density at radius 2 is 1.61 bits per heavy atom. The molecule has 5 heteroatoms. The normalized spacial score (nSPS) is 10.1. The largest absolute Gasteiger partial charge is 0.452 e. The topological polar surface area (TPSA) is 55.4 Å². The maximum Gasteiger partial charge on any atom is 0.338 e. The van der Waals surface area contributed by atoms with Crippen molar-refractivity contribution < 1.29 is 14.3 Å². The summed E-state index contributed by atoms with van der Waals surface area (Å²) in [6.07, 6.45) is 0. The average Bonchev–Trinajstić information content (AvgIpc) is 2.61. The highest BCUT2D eigenvalue weighted by molar-refractivity contribution is 7.98. The second-order valence-corrected chi connectivity index (χ2v) is 5.94. The van der Waals surface area contributed by atoms with Gasteiger partial charge in [-0.1, -0.05) is 48.5 Å². The maximum absolute atomic E-state index is 11.7. The van der Waals surface area contributed by atoms with Crippen molar-refractivity contribution in [1.82, 2.24) is 5.32 Å². The molecule has 0 bridgehead atoms. The SMILES string of the molecule is O=C(COC(=O)c1ccccc1)NCCSCc1ccccc1. The lowest BCUT2D eigenvalue weighted by atomic mass is 10.2. The number of carbonyl (C=O) groups excluding carboxylic acids is 2. The predicted molar refractivity (Wildman–Crippen MR) is 92.3 cm³/mol. The summed E-state index contributed by atoms with van der Waals surface area (Å²) < 4.78 is 4.96. The van der Waals surface area contributed by atoms with E-state index in [2.05, 4.69) is 17.4 Å². The fraction of sp³-hybridized carbons (Fsp3) is 0.222. The molecule has 0 spiro atoms. The Balaban J connectivity index is 1.56. The van der Waals surface area contributed by atoms with Crippen LogP contribution in [0.15, 0.2) is 60.7 Å². The van der Waals surface area contributed by atoms with E-state index in [1.165, 1.54) is 5.56 Å². The predicted octanol–water partition coefficient (Wildman–Crippen LogP) is 2.89.